The second-order valence-corrected chi connectivity index (χ2v) is 9.26. The number of anilines is 1. The average molecular weight is 491 g/mol. The van der Waals surface area contributed by atoms with Gasteiger partial charge in [0.15, 0.2) is 11.0 Å². The third-order valence-electron chi connectivity index (χ3n) is 5.85. The Morgan fingerprint density at radius 3 is 2.86 bits per heavy atom. The van der Waals surface area contributed by atoms with Crippen molar-refractivity contribution in [3.63, 3.8) is 0 Å². The van der Waals surface area contributed by atoms with Crippen LogP contribution in [0.5, 0.6) is 11.5 Å². The maximum Gasteiger partial charge on any atom is 0.237 e. The van der Waals surface area contributed by atoms with Crippen molar-refractivity contribution < 1.29 is 14.3 Å². The zero-order valence-electron chi connectivity index (χ0n) is 20.1. The maximum atomic E-state index is 13.1. The van der Waals surface area contributed by atoms with Crippen molar-refractivity contribution in [2.45, 2.75) is 12.1 Å². The molecule has 10 heteroatoms. The molecule has 2 aromatic carbocycles. The molecule has 1 amide bonds. The molecule has 180 valence electrons. The number of carbonyl (C=O) groups is 1. The van der Waals surface area contributed by atoms with Gasteiger partial charge in [0.1, 0.15) is 23.8 Å². The summed E-state index contributed by atoms with van der Waals surface area (Å²) in [5.74, 6) is 2.43. The molecule has 0 saturated heterocycles. The number of benzene rings is 2. The van der Waals surface area contributed by atoms with Crippen molar-refractivity contribution in [1.29, 1.82) is 0 Å². The summed E-state index contributed by atoms with van der Waals surface area (Å²) < 4.78 is 14.7. The number of carbonyl (C=O) groups excluding carboxylic acids is 1. The second-order valence-electron chi connectivity index (χ2n) is 8.32. The van der Waals surface area contributed by atoms with Crippen molar-refractivity contribution in [1.82, 2.24) is 24.5 Å². The van der Waals surface area contributed by atoms with E-state index in [1.165, 1.54) is 11.8 Å². The number of fused-ring (bicyclic) bond motifs is 1. The number of aryl methyl sites for hydroxylation is 2. The molecular formula is C25H26N6O3S. The number of hydrogen-bond donors (Lipinski definition) is 0. The summed E-state index contributed by atoms with van der Waals surface area (Å²) in [6.07, 6.45) is 1.92. The van der Waals surface area contributed by atoms with Crippen LogP contribution in [0.1, 0.15) is 5.56 Å². The molecule has 0 saturated carbocycles. The highest BCUT2D eigenvalue weighted by Crippen LogP contribution is 2.35. The Morgan fingerprint density at radius 1 is 1.17 bits per heavy atom. The van der Waals surface area contributed by atoms with Crippen molar-refractivity contribution in [3.05, 3.63) is 54.2 Å². The van der Waals surface area contributed by atoms with E-state index in [-0.39, 0.29) is 11.7 Å². The van der Waals surface area contributed by atoms with Crippen LogP contribution >= 0.6 is 11.8 Å². The highest BCUT2D eigenvalue weighted by molar-refractivity contribution is 7.99. The fourth-order valence-corrected chi connectivity index (χ4v) is 4.89. The zero-order chi connectivity index (χ0) is 24.5. The summed E-state index contributed by atoms with van der Waals surface area (Å²) in [7, 11) is 5.42. The van der Waals surface area contributed by atoms with Gasteiger partial charge < -0.3 is 18.9 Å². The van der Waals surface area contributed by atoms with Crippen LogP contribution in [0.15, 0.2) is 53.8 Å². The Morgan fingerprint density at radius 2 is 2.03 bits per heavy atom. The Hall–Kier alpha value is -3.79. The largest absolute Gasteiger partial charge is 0.497 e. The van der Waals surface area contributed by atoms with E-state index in [0.717, 1.165) is 39.6 Å². The molecule has 0 spiro atoms. The molecule has 0 aliphatic carbocycles. The van der Waals surface area contributed by atoms with E-state index >= 15 is 0 Å². The normalized spacial score (nSPS) is 12.9. The van der Waals surface area contributed by atoms with Gasteiger partial charge in [0.2, 0.25) is 5.91 Å². The van der Waals surface area contributed by atoms with Crippen molar-refractivity contribution in [3.8, 4) is 34.1 Å². The smallest absolute Gasteiger partial charge is 0.237 e. The molecule has 1 aliphatic heterocycles. The van der Waals surface area contributed by atoms with E-state index in [4.69, 9.17) is 9.47 Å². The lowest BCUT2D eigenvalue weighted by molar-refractivity contribution is -0.116. The molecule has 0 fully saturated rings. The number of nitrogens with zero attached hydrogens (tertiary/aromatic N) is 6. The lowest BCUT2D eigenvalue weighted by Crippen LogP contribution is -2.39. The minimum absolute atomic E-state index is 0.00754. The van der Waals surface area contributed by atoms with Crippen LogP contribution < -0.4 is 14.4 Å². The number of rotatable bonds is 6. The first-order chi connectivity index (χ1) is 16.9. The minimum atomic E-state index is 0.00754. The van der Waals surface area contributed by atoms with Crippen molar-refractivity contribution >= 4 is 23.4 Å². The van der Waals surface area contributed by atoms with Crippen LogP contribution in [0, 0.1) is 6.92 Å². The van der Waals surface area contributed by atoms with Crippen LogP contribution in [0.4, 0.5) is 5.69 Å². The predicted octanol–water partition coefficient (Wildman–Crippen LogP) is 3.72. The molecule has 4 aromatic rings. The molecule has 1 aliphatic rings. The first-order valence-corrected chi connectivity index (χ1v) is 12.2. The van der Waals surface area contributed by atoms with Gasteiger partial charge >= 0.3 is 0 Å². The van der Waals surface area contributed by atoms with Gasteiger partial charge in [-0.05, 0) is 36.8 Å². The average Bonchev–Trinajstić information content (AvgIpc) is 3.43. The van der Waals surface area contributed by atoms with Gasteiger partial charge in [-0.2, -0.15) is 5.10 Å². The lowest BCUT2D eigenvalue weighted by Gasteiger charge is -2.29. The molecule has 0 radical (unpaired) electrons. The molecule has 5 rings (SSSR count). The molecule has 0 atom stereocenters. The van der Waals surface area contributed by atoms with Crippen LogP contribution in [-0.2, 0) is 18.9 Å². The van der Waals surface area contributed by atoms with E-state index in [2.05, 4.69) is 15.3 Å². The Balaban J connectivity index is 1.37. The number of amides is 1. The Labute approximate surface area is 207 Å². The number of thioether (sulfide) groups is 1. The van der Waals surface area contributed by atoms with E-state index in [9.17, 15) is 4.79 Å². The first kappa shape index (κ1) is 23.0. The van der Waals surface area contributed by atoms with E-state index in [0.29, 0.717) is 24.1 Å². The fourth-order valence-electron chi connectivity index (χ4n) is 4.10. The summed E-state index contributed by atoms with van der Waals surface area (Å²) >= 11 is 1.37. The molecule has 0 unspecified atom stereocenters. The predicted molar refractivity (Wildman–Crippen MR) is 135 cm³/mol. The minimum Gasteiger partial charge on any atom is -0.497 e. The Bertz CT molecular complexity index is 1400. The molecular weight excluding hydrogens is 464 g/mol. The topological polar surface area (TPSA) is 87.3 Å². The van der Waals surface area contributed by atoms with Gasteiger partial charge in [-0.3, -0.25) is 9.48 Å². The van der Waals surface area contributed by atoms with E-state index in [1.54, 1.807) is 16.7 Å². The molecule has 9 nitrogen and oxygen atoms in total. The summed E-state index contributed by atoms with van der Waals surface area (Å²) in [6.45, 7) is 3.01. The standard InChI is InChI=1S/C25H26N6O3S/c1-16-8-9-21-20(12-16)31(10-11-34-21)22(32)15-35-25-27-26-24(30(25)3)19-14-29(2)28-23(19)17-6-5-7-18(13-17)33-4/h5-9,12-14H,10-11,15H2,1-4H3. The van der Waals surface area contributed by atoms with Gasteiger partial charge in [0.05, 0.1) is 30.7 Å². The van der Waals surface area contributed by atoms with Crippen molar-refractivity contribution in [2.24, 2.45) is 14.1 Å². The lowest BCUT2D eigenvalue weighted by atomic mass is 10.1. The number of methoxy groups -OCH3 is 1. The van der Waals surface area contributed by atoms with Crippen LogP contribution in [0.25, 0.3) is 22.6 Å². The molecule has 3 heterocycles. The second kappa shape index (κ2) is 9.46. The fraction of sp³-hybridized carbons (Fsp3) is 0.280. The van der Waals surface area contributed by atoms with Gasteiger partial charge in [-0.15, -0.1) is 10.2 Å². The zero-order valence-corrected chi connectivity index (χ0v) is 20.9. The highest BCUT2D eigenvalue weighted by Gasteiger charge is 2.25. The molecule has 35 heavy (non-hydrogen) atoms. The Kier molecular flexibility index (Phi) is 6.21. The summed E-state index contributed by atoms with van der Waals surface area (Å²) in [4.78, 5) is 14.9. The third-order valence-corrected chi connectivity index (χ3v) is 6.86. The van der Waals surface area contributed by atoms with Crippen LogP contribution in [0.2, 0.25) is 0 Å². The first-order valence-electron chi connectivity index (χ1n) is 11.2. The molecule has 0 N–H and O–H groups in total. The monoisotopic (exact) mass is 490 g/mol. The summed E-state index contributed by atoms with van der Waals surface area (Å²) in [5, 5.41) is 14.1. The van der Waals surface area contributed by atoms with Crippen LogP contribution in [-0.4, -0.2) is 56.5 Å². The number of aromatic nitrogens is 5. The highest BCUT2D eigenvalue weighted by atomic mass is 32.2. The summed E-state index contributed by atoms with van der Waals surface area (Å²) in [5.41, 5.74) is 4.47. The molecule has 2 aromatic heterocycles. The van der Waals surface area contributed by atoms with Gasteiger partial charge in [-0.25, -0.2) is 0 Å². The van der Waals surface area contributed by atoms with Crippen LogP contribution in [0.3, 0.4) is 0 Å². The van der Waals surface area contributed by atoms with Gasteiger partial charge in [0, 0.05) is 25.9 Å². The summed E-state index contributed by atoms with van der Waals surface area (Å²) in [6, 6.07) is 13.6. The van der Waals surface area contributed by atoms with Gasteiger partial charge in [0.25, 0.3) is 0 Å². The molecule has 0 bridgehead atoms. The quantitative estimate of drug-likeness (QED) is 0.381. The van der Waals surface area contributed by atoms with E-state index in [1.807, 2.05) is 74.2 Å². The van der Waals surface area contributed by atoms with Crippen molar-refractivity contribution in [2.75, 3.05) is 30.9 Å². The maximum absolute atomic E-state index is 13.1. The number of hydrogen-bond acceptors (Lipinski definition) is 7. The van der Waals surface area contributed by atoms with E-state index < -0.39 is 0 Å². The third kappa shape index (κ3) is 4.49. The van der Waals surface area contributed by atoms with Gasteiger partial charge in [-0.1, -0.05) is 30.0 Å². The SMILES string of the molecule is COc1cccc(-c2nn(C)cc2-c2nnc(SCC(=O)N3CCOc4ccc(C)cc43)n2C)c1. The number of ether oxygens (including phenoxy) is 2.